The Kier molecular flexibility index (Phi) is 57.5. The second-order valence-corrected chi connectivity index (χ2v) is 19.1. The first-order chi connectivity index (χ1) is 37.0. The smallest absolute Gasteiger partial charge is 0.306 e. The van der Waals surface area contributed by atoms with Gasteiger partial charge < -0.3 is 14.2 Å². The van der Waals surface area contributed by atoms with Gasteiger partial charge in [0.05, 0.1) is 0 Å². The van der Waals surface area contributed by atoms with Gasteiger partial charge in [-0.25, -0.2) is 0 Å². The highest BCUT2D eigenvalue weighted by Gasteiger charge is 2.19. The molecular formula is C69H108O6. The Balaban J connectivity index is 4.50. The molecule has 0 N–H and O–H groups in total. The number of ether oxygens (including phenoxy) is 3. The van der Waals surface area contributed by atoms with Crippen LogP contribution in [0.15, 0.2) is 158 Å². The molecule has 0 aliphatic rings. The van der Waals surface area contributed by atoms with Gasteiger partial charge in [-0.1, -0.05) is 237 Å². The number of allylic oxidation sites excluding steroid dienone is 26. The van der Waals surface area contributed by atoms with E-state index in [1.54, 1.807) is 0 Å². The number of carbonyl (C=O) groups excluding carboxylic acids is 3. The van der Waals surface area contributed by atoms with Gasteiger partial charge in [-0.15, -0.1) is 0 Å². The minimum absolute atomic E-state index is 0.109. The van der Waals surface area contributed by atoms with E-state index in [0.717, 1.165) is 173 Å². The van der Waals surface area contributed by atoms with Gasteiger partial charge in [0.25, 0.3) is 0 Å². The fraction of sp³-hybridized carbons (Fsp3) is 0.580. The standard InChI is InChI=1S/C69H108O6/c1-4-7-10-13-16-19-22-25-28-31-32-33-34-35-36-39-41-44-47-50-53-56-59-62-68(71)74-65-66(75-69(72)63-60-57-54-51-48-45-42-38-30-27-24-21-18-15-12-9-6-3)64-73-67(70)61-58-55-52-49-46-43-40-37-29-26-23-20-17-14-11-8-5-2/h7-12,16-21,25-30,32-33,35-36,40,42-43,45,66H,4-6,13-15,22-24,31,34,37-39,41,44,46-65H2,1-3H3/b10-7-,11-8-,12-9-,19-16-,20-17-,21-18-,28-25-,29-26-,30-27-,33-32-,36-35-,43-40-,45-42-. The quantitative estimate of drug-likeness (QED) is 0.0261. The summed E-state index contributed by atoms with van der Waals surface area (Å²) in [4.78, 5) is 38.3. The Morgan fingerprint density at radius 1 is 0.267 bits per heavy atom. The van der Waals surface area contributed by atoms with Crippen LogP contribution in [-0.2, 0) is 28.6 Å². The zero-order valence-electron chi connectivity index (χ0n) is 48.0. The van der Waals surface area contributed by atoms with Crippen molar-refractivity contribution in [3.05, 3.63) is 158 Å². The van der Waals surface area contributed by atoms with Crippen molar-refractivity contribution in [1.29, 1.82) is 0 Å². The fourth-order valence-corrected chi connectivity index (χ4v) is 7.63. The number of hydrogen-bond acceptors (Lipinski definition) is 6. The first-order valence-electron chi connectivity index (χ1n) is 30.0. The maximum absolute atomic E-state index is 12.9. The number of unbranched alkanes of at least 4 members (excludes halogenated alkanes) is 15. The summed E-state index contributed by atoms with van der Waals surface area (Å²) in [7, 11) is 0. The monoisotopic (exact) mass is 1030 g/mol. The van der Waals surface area contributed by atoms with E-state index in [4.69, 9.17) is 14.2 Å². The van der Waals surface area contributed by atoms with Crippen molar-refractivity contribution in [3.63, 3.8) is 0 Å². The molecule has 420 valence electrons. The Labute approximate surface area is 460 Å². The highest BCUT2D eigenvalue weighted by atomic mass is 16.6. The van der Waals surface area contributed by atoms with E-state index in [2.05, 4.69) is 179 Å². The van der Waals surface area contributed by atoms with Crippen LogP contribution in [0.3, 0.4) is 0 Å². The first kappa shape index (κ1) is 70.0. The molecule has 0 radical (unpaired) electrons. The van der Waals surface area contributed by atoms with Crippen LogP contribution in [0.25, 0.3) is 0 Å². The zero-order valence-corrected chi connectivity index (χ0v) is 48.0. The maximum Gasteiger partial charge on any atom is 0.306 e. The van der Waals surface area contributed by atoms with E-state index in [1.807, 2.05) is 0 Å². The molecule has 0 aromatic rings. The molecule has 0 amide bonds. The molecule has 0 spiro atoms. The largest absolute Gasteiger partial charge is 0.462 e. The lowest BCUT2D eigenvalue weighted by Crippen LogP contribution is -2.30. The summed E-state index contributed by atoms with van der Waals surface area (Å²) in [5, 5.41) is 0. The van der Waals surface area contributed by atoms with Gasteiger partial charge in [0, 0.05) is 19.3 Å². The van der Waals surface area contributed by atoms with E-state index >= 15 is 0 Å². The average molecular weight is 1030 g/mol. The first-order valence-corrected chi connectivity index (χ1v) is 30.0. The molecule has 0 saturated heterocycles. The van der Waals surface area contributed by atoms with Gasteiger partial charge >= 0.3 is 17.9 Å². The Hall–Kier alpha value is -4.97. The van der Waals surface area contributed by atoms with E-state index < -0.39 is 6.10 Å². The van der Waals surface area contributed by atoms with Crippen LogP contribution in [0.2, 0.25) is 0 Å². The second kappa shape index (κ2) is 61.6. The topological polar surface area (TPSA) is 78.9 Å². The molecule has 0 heterocycles. The van der Waals surface area contributed by atoms with E-state index in [0.29, 0.717) is 12.8 Å². The van der Waals surface area contributed by atoms with Crippen LogP contribution in [0.1, 0.15) is 239 Å². The maximum atomic E-state index is 12.9. The third kappa shape index (κ3) is 59.8. The molecule has 0 aromatic heterocycles. The average Bonchev–Trinajstić information content (AvgIpc) is 3.41. The third-order valence-corrected chi connectivity index (χ3v) is 12.0. The van der Waals surface area contributed by atoms with Crippen molar-refractivity contribution in [3.8, 4) is 0 Å². The summed E-state index contributed by atoms with van der Waals surface area (Å²) in [6.07, 6.45) is 89.4. The van der Waals surface area contributed by atoms with E-state index in [1.165, 1.54) is 25.7 Å². The number of carbonyl (C=O) groups is 3. The Bertz CT molecular complexity index is 1710. The molecule has 1 unspecified atom stereocenters. The predicted molar refractivity (Wildman–Crippen MR) is 325 cm³/mol. The summed E-state index contributed by atoms with van der Waals surface area (Å²) in [5.74, 6) is -0.973. The van der Waals surface area contributed by atoms with Gasteiger partial charge in [-0.05, 0) is 141 Å². The van der Waals surface area contributed by atoms with E-state index in [9.17, 15) is 14.4 Å². The van der Waals surface area contributed by atoms with Crippen LogP contribution in [0.4, 0.5) is 0 Å². The van der Waals surface area contributed by atoms with Crippen LogP contribution in [0.5, 0.6) is 0 Å². The van der Waals surface area contributed by atoms with Gasteiger partial charge in [0.2, 0.25) is 0 Å². The van der Waals surface area contributed by atoms with Gasteiger partial charge in [-0.2, -0.15) is 0 Å². The van der Waals surface area contributed by atoms with Crippen molar-refractivity contribution in [2.75, 3.05) is 13.2 Å². The molecule has 6 nitrogen and oxygen atoms in total. The molecule has 75 heavy (non-hydrogen) atoms. The second-order valence-electron chi connectivity index (χ2n) is 19.1. The summed E-state index contributed by atoms with van der Waals surface area (Å²) in [6.45, 7) is 6.24. The molecule has 0 fully saturated rings. The molecule has 0 bridgehead atoms. The highest BCUT2D eigenvalue weighted by molar-refractivity contribution is 5.71. The van der Waals surface area contributed by atoms with Gasteiger partial charge in [0.15, 0.2) is 6.10 Å². The molecule has 0 rings (SSSR count). The Morgan fingerprint density at radius 2 is 0.480 bits per heavy atom. The van der Waals surface area contributed by atoms with Crippen molar-refractivity contribution < 1.29 is 28.6 Å². The summed E-state index contributed by atoms with van der Waals surface area (Å²) in [5.41, 5.74) is 0. The molecule has 1 atom stereocenters. The number of rotatable bonds is 52. The minimum atomic E-state index is -0.816. The molecular weight excluding hydrogens is 925 g/mol. The van der Waals surface area contributed by atoms with Gasteiger partial charge in [0.1, 0.15) is 13.2 Å². The molecule has 0 aliphatic carbocycles. The Morgan fingerprint density at radius 3 is 0.747 bits per heavy atom. The SMILES string of the molecule is CC/C=C\C/C=C\C/C=C\C/C=C\C/C=C\CCCCCCCCCC(=O)OCC(COC(=O)CCCCCC/C=C\C/C=C\C/C=C\C/C=C\CC)OC(=O)CCCCCC/C=C\C/C=C\C/C=C\C/C=C\CC. The lowest BCUT2D eigenvalue weighted by Gasteiger charge is -2.18. The van der Waals surface area contributed by atoms with Gasteiger partial charge in [-0.3, -0.25) is 14.4 Å². The molecule has 0 aliphatic heterocycles. The predicted octanol–water partition coefficient (Wildman–Crippen LogP) is 20.5. The highest BCUT2D eigenvalue weighted by Crippen LogP contribution is 2.13. The van der Waals surface area contributed by atoms with E-state index in [-0.39, 0.29) is 37.5 Å². The zero-order chi connectivity index (χ0) is 54.3. The fourth-order valence-electron chi connectivity index (χ4n) is 7.63. The summed E-state index contributed by atoms with van der Waals surface area (Å²) in [6, 6.07) is 0. The number of hydrogen-bond donors (Lipinski definition) is 0. The van der Waals surface area contributed by atoms with Crippen LogP contribution < -0.4 is 0 Å². The molecule has 0 aromatic carbocycles. The van der Waals surface area contributed by atoms with Crippen LogP contribution >= 0.6 is 0 Å². The lowest BCUT2D eigenvalue weighted by molar-refractivity contribution is -0.167. The number of esters is 3. The van der Waals surface area contributed by atoms with Crippen LogP contribution in [-0.4, -0.2) is 37.2 Å². The molecule has 0 saturated carbocycles. The summed E-state index contributed by atoms with van der Waals surface area (Å²) < 4.78 is 16.9. The third-order valence-electron chi connectivity index (χ3n) is 12.0. The summed E-state index contributed by atoms with van der Waals surface area (Å²) >= 11 is 0. The van der Waals surface area contributed by atoms with Crippen molar-refractivity contribution in [2.45, 2.75) is 245 Å². The van der Waals surface area contributed by atoms with Crippen molar-refractivity contribution >= 4 is 17.9 Å². The minimum Gasteiger partial charge on any atom is -0.462 e. The van der Waals surface area contributed by atoms with Crippen molar-refractivity contribution in [2.24, 2.45) is 0 Å². The lowest BCUT2D eigenvalue weighted by atomic mass is 10.1. The normalized spacial score (nSPS) is 13.3. The molecule has 6 heteroatoms. The van der Waals surface area contributed by atoms with Crippen LogP contribution in [0, 0.1) is 0 Å². The van der Waals surface area contributed by atoms with Crippen molar-refractivity contribution in [1.82, 2.24) is 0 Å².